The third kappa shape index (κ3) is 3.22. The zero-order chi connectivity index (χ0) is 20.5. The molecule has 7 heteroatoms. The average Bonchev–Trinajstić information content (AvgIpc) is 3.14. The van der Waals surface area contributed by atoms with Crippen LogP contribution in [0.3, 0.4) is 0 Å². The van der Waals surface area contributed by atoms with Gasteiger partial charge in [0.05, 0.1) is 35.0 Å². The van der Waals surface area contributed by atoms with E-state index in [-0.39, 0.29) is 5.91 Å². The van der Waals surface area contributed by atoms with E-state index in [1.54, 1.807) is 26.4 Å². The van der Waals surface area contributed by atoms with E-state index < -0.39 is 0 Å². The van der Waals surface area contributed by atoms with Gasteiger partial charge in [-0.3, -0.25) is 4.79 Å². The fraction of sp³-hybridized carbons (Fsp3) is 0.318. The van der Waals surface area contributed by atoms with Crippen LogP contribution in [0.5, 0.6) is 23.0 Å². The van der Waals surface area contributed by atoms with Gasteiger partial charge in [0.25, 0.3) is 5.91 Å². The predicted octanol–water partition coefficient (Wildman–Crippen LogP) is 3.40. The molecule has 2 heterocycles. The second-order valence-corrected chi connectivity index (χ2v) is 6.88. The Labute approximate surface area is 169 Å². The van der Waals surface area contributed by atoms with E-state index in [1.807, 2.05) is 23.1 Å². The van der Waals surface area contributed by atoms with Crippen molar-refractivity contribution >= 4 is 16.8 Å². The number of rotatable bonds is 5. The standard InChI is InChI=1S/C22H24N2O5/c1-26-14-5-6-17-16(11-14)15-7-8-24(12-18(15)23-17)22(25)13-9-19(27-2)21(29-4)20(10-13)28-3/h5-6,9-11,23H,7-8,12H2,1-4H3. The zero-order valence-electron chi connectivity index (χ0n) is 17.0. The number of nitrogens with one attached hydrogen (secondary N) is 1. The number of aromatic amines is 1. The Morgan fingerprint density at radius 1 is 0.966 bits per heavy atom. The molecule has 0 unspecified atom stereocenters. The highest BCUT2D eigenvalue weighted by Crippen LogP contribution is 2.39. The summed E-state index contributed by atoms with van der Waals surface area (Å²) in [6.45, 7) is 1.15. The number of methoxy groups -OCH3 is 4. The largest absolute Gasteiger partial charge is 0.497 e. The minimum absolute atomic E-state index is 0.0776. The van der Waals surface area contributed by atoms with Crippen LogP contribution in [-0.2, 0) is 13.0 Å². The lowest BCUT2D eigenvalue weighted by Gasteiger charge is -2.27. The van der Waals surface area contributed by atoms with E-state index in [0.717, 1.165) is 28.8 Å². The van der Waals surface area contributed by atoms with Crippen LogP contribution in [-0.4, -0.2) is 50.8 Å². The van der Waals surface area contributed by atoms with Crippen LogP contribution in [0.25, 0.3) is 10.9 Å². The summed E-state index contributed by atoms with van der Waals surface area (Å²) in [7, 11) is 6.28. The van der Waals surface area contributed by atoms with Gasteiger partial charge in [-0.25, -0.2) is 0 Å². The van der Waals surface area contributed by atoms with Gasteiger partial charge >= 0.3 is 0 Å². The van der Waals surface area contributed by atoms with Crippen molar-refractivity contribution in [2.24, 2.45) is 0 Å². The van der Waals surface area contributed by atoms with Crippen molar-refractivity contribution < 1.29 is 23.7 Å². The minimum Gasteiger partial charge on any atom is -0.497 e. The van der Waals surface area contributed by atoms with Gasteiger partial charge < -0.3 is 28.8 Å². The highest BCUT2D eigenvalue weighted by atomic mass is 16.5. The van der Waals surface area contributed by atoms with Gasteiger partial charge in [-0.1, -0.05) is 0 Å². The van der Waals surface area contributed by atoms with Crippen LogP contribution in [0.15, 0.2) is 30.3 Å². The van der Waals surface area contributed by atoms with Crippen molar-refractivity contribution in [1.82, 2.24) is 9.88 Å². The number of H-pyrrole nitrogens is 1. The lowest BCUT2D eigenvalue weighted by Crippen LogP contribution is -2.35. The molecule has 1 aliphatic rings. The molecule has 3 aromatic rings. The molecule has 0 atom stereocenters. The van der Waals surface area contributed by atoms with Crippen molar-refractivity contribution in [1.29, 1.82) is 0 Å². The van der Waals surface area contributed by atoms with Crippen molar-refractivity contribution in [2.45, 2.75) is 13.0 Å². The van der Waals surface area contributed by atoms with Crippen molar-refractivity contribution in [3.63, 3.8) is 0 Å². The third-order valence-corrected chi connectivity index (χ3v) is 5.38. The number of fused-ring (bicyclic) bond motifs is 3. The topological polar surface area (TPSA) is 73.0 Å². The number of nitrogens with zero attached hydrogens (tertiary/aromatic N) is 1. The van der Waals surface area contributed by atoms with Gasteiger partial charge in [0.15, 0.2) is 11.5 Å². The van der Waals surface area contributed by atoms with Crippen LogP contribution >= 0.6 is 0 Å². The normalized spacial score (nSPS) is 13.2. The molecular weight excluding hydrogens is 372 g/mol. The first-order valence-corrected chi connectivity index (χ1v) is 9.36. The van der Waals surface area contributed by atoms with Gasteiger partial charge in [0.1, 0.15) is 5.75 Å². The maximum Gasteiger partial charge on any atom is 0.254 e. The first-order chi connectivity index (χ1) is 14.1. The fourth-order valence-electron chi connectivity index (χ4n) is 3.91. The molecule has 1 amide bonds. The molecule has 152 valence electrons. The Hall–Kier alpha value is -3.35. The quantitative estimate of drug-likeness (QED) is 0.716. The van der Waals surface area contributed by atoms with E-state index in [4.69, 9.17) is 18.9 Å². The van der Waals surface area contributed by atoms with Crippen molar-refractivity contribution in [2.75, 3.05) is 35.0 Å². The maximum absolute atomic E-state index is 13.2. The molecule has 1 N–H and O–H groups in total. The maximum atomic E-state index is 13.2. The van der Waals surface area contributed by atoms with Gasteiger partial charge in [-0.15, -0.1) is 0 Å². The second-order valence-electron chi connectivity index (χ2n) is 6.88. The molecular formula is C22H24N2O5. The Balaban J connectivity index is 1.65. The predicted molar refractivity (Wildman–Crippen MR) is 109 cm³/mol. The number of ether oxygens (including phenoxy) is 4. The number of carbonyl (C=O) groups excluding carboxylic acids is 1. The number of benzene rings is 2. The van der Waals surface area contributed by atoms with E-state index >= 15 is 0 Å². The van der Waals surface area contributed by atoms with Crippen LogP contribution in [0, 0.1) is 0 Å². The molecule has 0 spiro atoms. The smallest absolute Gasteiger partial charge is 0.254 e. The van der Waals surface area contributed by atoms with Crippen LogP contribution in [0.1, 0.15) is 21.6 Å². The van der Waals surface area contributed by atoms with Gasteiger partial charge in [-0.05, 0) is 42.3 Å². The Bertz CT molecular complexity index is 1050. The van der Waals surface area contributed by atoms with Crippen molar-refractivity contribution in [3.8, 4) is 23.0 Å². The van der Waals surface area contributed by atoms with Gasteiger partial charge in [0, 0.05) is 28.7 Å². The van der Waals surface area contributed by atoms with Gasteiger partial charge in [0.2, 0.25) is 5.75 Å². The summed E-state index contributed by atoms with van der Waals surface area (Å²) >= 11 is 0. The number of carbonyl (C=O) groups is 1. The summed E-state index contributed by atoms with van der Waals surface area (Å²) in [5, 5.41) is 1.15. The number of amides is 1. The van der Waals surface area contributed by atoms with Crippen LogP contribution < -0.4 is 18.9 Å². The molecule has 0 aliphatic carbocycles. The highest BCUT2D eigenvalue weighted by Gasteiger charge is 2.26. The van der Waals surface area contributed by atoms with E-state index in [1.165, 1.54) is 19.8 Å². The van der Waals surface area contributed by atoms with E-state index in [9.17, 15) is 4.79 Å². The minimum atomic E-state index is -0.0776. The molecule has 0 bridgehead atoms. The molecule has 4 rings (SSSR count). The summed E-state index contributed by atoms with van der Waals surface area (Å²) < 4.78 is 21.5. The second kappa shape index (κ2) is 7.58. The summed E-state index contributed by atoms with van der Waals surface area (Å²) in [5.41, 5.74) is 3.85. The third-order valence-electron chi connectivity index (χ3n) is 5.38. The van der Waals surface area contributed by atoms with Crippen LogP contribution in [0.4, 0.5) is 0 Å². The summed E-state index contributed by atoms with van der Waals surface area (Å²) in [4.78, 5) is 18.5. The lowest BCUT2D eigenvalue weighted by molar-refractivity contribution is 0.0732. The first-order valence-electron chi connectivity index (χ1n) is 9.36. The number of hydrogen-bond acceptors (Lipinski definition) is 5. The fourth-order valence-corrected chi connectivity index (χ4v) is 3.91. The SMILES string of the molecule is COc1ccc2[nH]c3c(c2c1)CCN(C(=O)c1cc(OC)c(OC)c(OC)c1)C3. The number of aromatic nitrogens is 1. The molecule has 0 radical (unpaired) electrons. The average molecular weight is 396 g/mol. The lowest BCUT2D eigenvalue weighted by atomic mass is 10.0. The van der Waals surface area contributed by atoms with Crippen molar-refractivity contribution in [3.05, 3.63) is 47.2 Å². The molecule has 0 saturated carbocycles. The summed E-state index contributed by atoms with van der Waals surface area (Å²) in [6, 6.07) is 9.37. The van der Waals surface area contributed by atoms with Crippen LogP contribution in [0.2, 0.25) is 0 Å². The number of hydrogen-bond donors (Lipinski definition) is 1. The molecule has 1 aromatic heterocycles. The Kier molecular flexibility index (Phi) is 4.96. The first kappa shape index (κ1) is 19.0. The van der Waals surface area contributed by atoms with E-state index in [2.05, 4.69) is 4.98 Å². The molecule has 29 heavy (non-hydrogen) atoms. The monoisotopic (exact) mass is 396 g/mol. The highest BCUT2D eigenvalue weighted by molar-refractivity contribution is 5.96. The molecule has 1 aliphatic heterocycles. The molecule has 0 fully saturated rings. The van der Waals surface area contributed by atoms with Gasteiger partial charge in [-0.2, -0.15) is 0 Å². The van der Waals surface area contributed by atoms with E-state index in [0.29, 0.717) is 35.9 Å². The Morgan fingerprint density at radius 2 is 1.69 bits per heavy atom. The molecule has 2 aromatic carbocycles. The summed E-state index contributed by atoms with van der Waals surface area (Å²) in [6.07, 6.45) is 0.776. The summed E-state index contributed by atoms with van der Waals surface area (Å²) in [5.74, 6) is 2.15. The Morgan fingerprint density at radius 3 is 2.31 bits per heavy atom. The molecule has 7 nitrogen and oxygen atoms in total. The molecule has 0 saturated heterocycles. The zero-order valence-corrected chi connectivity index (χ0v) is 17.0.